The Bertz CT molecular complexity index is 1580. The minimum Gasteiger partial charge on any atom is -0.495 e. The van der Waals surface area contributed by atoms with Crippen LogP contribution in [0, 0.1) is 11.8 Å². The van der Waals surface area contributed by atoms with Crippen molar-refractivity contribution in [2.75, 3.05) is 33.2 Å². The van der Waals surface area contributed by atoms with Crippen LogP contribution >= 0.6 is 11.6 Å². The van der Waals surface area contributed by atoms with Crippen LogP contribution in [0.4, 0.5) is 10.5 Å². The molecule has 282 valence electrons. The van der Waals surface area contributed by atoms with Gasteiger partial charge >= 0.3 is 12.1 Å². The fraction of sp³-hybridized carbons (Fsp3) is 0.611. The Morgan fingerprint density at radius 3 is 2.47 bits per heavy atom. The Balaban J connectivity index is 1.81. The van der Waals surface area contributed by atoms with Gasteiger partial charge in [-0.1, -0.05) is 50.6 Å². The van der Waals surface area contributed by atoms with E-state index in [9.17, 15) is 29.4 Å². The zero-order valence-electron chi connectivity index (χ0n) is 30.8. The van der Waals surface area contributed by atoms with Crippen LogP contribution in [0.5, 0.6) is 5.75 Å². The largest absolute Gasteiger partial charge is 0.495 e. The van der Waals surface area contributed by atoms with E-state index >= 15 is 0 Å². The van der Waals surface area contributed by atoms with Gasteiger partial charge in [-0.05, 0) is 44.0 Å². The van der Waals surface area contributed by atoms with Crippen molar-refractivity contribution in [1.82, 2.24) is 10.2 Å². The number of anilines is 1. The zero-order valence-corrected chi connectivity index (χ0v) is 31.5. The van der Waals surface area contributed by atoms with E-state index in [4.69, 9.17) is 35.3 Å². The maximum absolute atomic E-state index is 14.1. The van der Waals surface area contributed by atoms with E-state index in [1.54, 1.807) is 65.0 Å². The number of ether oxygens (including phenoxy) is 5. The van der Waals surface area contributed by atoms with E-state index < -0.39 is 71.8 Å². The highest BCUT2D eigenvalue weighted by molar-refractivity contribution is 6.35. The first-order valence-electron chi connectivity index (χ1n) is 16.9. The topological polar surface area (TPSA) is 177 Å². The van der Waals surface area contributed by atoms with Crippen LogP contribution in [0.2, 0.25) is 5.02 Å². The summed E-state index contributed by atoms with van der Waals surface area (Å²) < 4.78 is 28.9. The average molecular weight is 736 g/mol. The lowest BCUT2D eigenvalue weighted by atomic mass is 9.83. The van der Waals surface area contributed by atoms with Crippen LogP contribution in [0.1, 0.15) is 66.1 Å². The van der Waals surface area contributed by atoms with Crippen LogP contribution in [0.15, 0.2) is 35.9 Å². The number of allylic oxidation sites excluding steroid dienone is 2. The standard InChI is InChI=1S/C36H50ClN3O11/c1-18(2)32(43)39(7)21(5)33(44)50-27-16-28(41)40(8)23-14-22(15-24(47-9)29(23)37)30(42)19(3)12-11-13-26(48-10)36(46)17-25(49-34(45)38-36)20(4)31-35(27,6)51-31/h11-15,18,20-21,25-27,30-31,42,46H,16-17H2,1-10H3,(H,38,45). The molecule has 2 fully saturated rings. The number of rotatable bonds is 6. The summed E-state index contributed by atoms with van der Waals surface area (Å²) in [6.07, 6.45) is -1.50. The van der Waals surface area contributed by atoms with Gasteiger partial charge in [-0.2, -0.15) is 0 Å². The molecule has 4 bridgehead atoms. The summed E-state index contributed by atoms with van der Waals surface area (Å²) in [6, 6.07) is 2.13. The van der Waals surface area contributed by atoms with Gasteiger partial charge in [0.1, 0.15) is 46.8 Å². The molecule has 0 spiro atoms. The fourth-order valence-corrected chi connectivity index (χ4v) is 6.90. The summed E-state index contributed by atoms with van der Waals surface area (Å²) in [5, 5.41) is 25.6. The number of halogens is 1. The molecule has 3 aliphatic heterocycles. The van der Waals surface area contributed by atoms with Crippen molar-refractivity contribution < 1.29 is 53.1 Å². The summed E-state index contributed by atoms with van der Waals surface area (Å²) in [4.78, 5) is 55.8. The quantitative estimate of drug-likeness (QED) is 0.287. The van der Waals surface area contributed by atoms with E-state index in [2.05, 4.69) is 5.32 Å². The molecule has 0 saturated carbocycles. The predicted molar refractivity (Wildman–Crippen MR) is 187 cm³/mol. The molecule has 1 aromatic rings. The molecule has 3 heterocycles. The first-order valence-corrected chi connectivity index (χ1v) is 17.2. The van der Waals surface area contributed by atoms with Crippen LogP contribution < -0.4 is 15.0 Å². The molecule has 9 atom stereocenters. The van der Waals surface area contributed by atoms with E-state index in [1.165, 1.54) is 45.0 Å². The Kier molecular flexibility index (Phi) is 12.2. The number of epoxide rings is 1. The number of fused-ring (bicyclic) bond motifs is 5. The molecule has 3 amide bonds. The normalized spacial score (nSPS) is 31.9. The van der Waals surface area contributed by atoms with Gasteiger partial charge in [0.15, 0.2) is 5.72 Å². The van der Waals surface area contributed by atoms with Crippen molar-refractivity contribution in [3.05, 3.63) is 46.5 Å². The summed E-state index contributed by atoms with van der Waals surface area (Å²) in [7, 11) is 5.80. The molecule has 1 aromatic carbocycles. The highest BCUT2D eigenvalue weighted by atomic mass is 35.5. The number of nitrogens with zero attached hydrogens (tertiary/aromatic N) is 2. The maximum atomic E-state index is 14.1. The highest BCUT2D eigenvalue weighted by Crippen LogP contribution is 2.49. The van der Waals surface area contributed by atoms with E-state index in [0.29, 0.717) is 11.1 Å². The van der Waals surface area contributed by atoms with Crippen molar-refractivity contribution in [1.29, 1.82) is 0 Å². The van der Waals surface area contributed by atoms with Gasteiger partial charge in [-0.25, -0.2) is 9.59 Å². The number of amides is 3. The van der Waals surface area contributed by atoms with Crippen molar-refractivity contribution in [3.8, 4) is 5.75 Å². The smallest absolute Gasteiger partial charge is 0.409 e. The van der Waals surface area contributed by atoms with Gasteiger partial charge in [0.05, 0.1) is 25.3 Å². The third-order valence-corrected chi connectivity index (χ3v) is 10.6. The molecule has 0 aromatic heterocycles. The zero-order chi connectivity index (χ0) is 38.2. The van der Waals surface area contributed by atoms with E-state index in [-0.39, 0.29) is 41.1 Å². The van der Waals surface area contributed by atoms with Crippen molar-refractivity contribution in [3.63, 3.8) is 0 Å². The number of benzene rings is 1. The van der Waals surface area contributed by atoms with Crippen LogP contribution in [0.3, 0.4) is 0 Å². The van der Waals surface area contributed by atoms with Gasteiger partial charge in [0.25, 0.3) is 0 Å². The summed E-state index contributed by atoms with van der Waals surface area (Å²) in [6.45, 7) is 10.1. The molecule has 4 rings (SSSR count). The van der Waals surface area contributed by atoms with Gasteiger partial charge in [0, 0.05) is 39.5 Å². The Labute approximate surface area is 303 Å². The van der Waals surface area contributed by atoms with Gasteiger partial charge < -0.3 is 43.7 Å². The lowest BCUT2D eigenvalue weighted by Crippen LogP contribution is -2.63. The minimum atomic E-state index is -1.89. The summed E-state index contributed by atoms with van der Waals surface area (Å²) >= 11 is 6.70. The number of aliphatic hydroxyl groups excluding tert-OH is 1. The third-order valence-electron chi connectivity index (χ3n) is 10.2. The van der Waals surface area contributed by atoms with Crippen molar-refractivity contribution >= 4 is 41.2 Å². The fourth-order valence-electron chi connectivity index (χ4n) is 6.58. The minimum absolute atomic E-state index is 0.0978. The van der Waals surface area contributed by atoms with Crippen LogP contribution in [-0.4, -0.2) is 109 Å². The van der Waals surface area contributed by atoms with Gasteiger partial charge in [-0.15, -0.1) is 0 Å². The highest BCUT2D eigenvalue weighted by Gasteiger charge is 2.64. The average Bonchev–Trinajstić information content (AvgIpc) is 3.78. The number of hydrogen-bond donors (Lipinski definition) is 3. The molecule has 0 radical (unpaired) electrons. The van der Waals surface area contributed by atoms with Gasteiger partial charge in [-0.3, -0.25) is 14.9 Å². The number of methoxy groups -OCH3 is 2. The summed E-state index contributed by atoms with van der Waals surface area (Å²) in [5.74, 6) is -2.24. The van der Waals surface area contributed by atoms with Crippen molar-refractivity contribution in [2.24, 2.45) is 11.8 Å². The van der Waals surface area contributed by atoms with Crippen LogP contribution in [0.25, 0.3) is 0 Å². The van der Waals surface area contributed by atoms with Crippen LogP contribution in [-0.2, 0) is 33.3 Å². The van der Waals surface area contributed by atoms with E-state index in [0.717, 1.165) is 0 Å². The first-order chi connectivity index (χ1) is 23.8. The number of carbonyl (C=O) groups is 4. The SMILES string of the molecule is COc1cc2cc(c1Cl)N(C)C(=O)CC(OC(=O)C(C)N(C)C(=O)C(C)C)C1(C)OC1C(C)C1CC(O)(NC(=O)O1)C(OC)C=CC=C(C)C2O. The molecular formula is C36H50ClN3O11. The van der Waals surface area contributed by atoms with E-state index in [1.807, 2.05) is 0 Å². The number of carbonyl (C=O) groups excluding carboxylic acids is 4. The predicted octanol–water partition coefficient (Wildman–Crippen LogP) is 3.66. The number of hydrogen-bond acceptors (Lipinski definition) is 11. The molecule has 14 nitrogen and oxygen atoms in total. The molecular weight excluding hydrogens is 686 g/mol. The second-order valence-corrected chi connectivity index (χ2v) is 14.4. The van der Waals surface area contributed by atoms with Gasteiger partial charge in [0.2, 0.25) is 11.8 Å². The number of aliphatic hydroxyl groups is 2. The molecule has 15 heteroatoms. The third kappa shape index (κ3) is 8.20. The number of esters is 1. The Morgan fingerprint density at radius 1 is 1.20 bits per heavy atom. The first kappa shape index (κ1) is 40.1. The Hall–Kier alpha value is -3.69. The molecule has 51 heavy (non-hydrogen) atoms. The molecule has 2 saturated heterocycles. The number of alkyl carbamates (subject to hydrolysis) is 1. The monoisotopic (exact) mass is 735 g/mol. The second-order valence-electron chi connectivity index (χ2n) is 14.1. The summed E-state index contributed by atoms with van der Waals surface area (Å²) in [5.41, 5.74) is -2.04. The molecule has 0 aliphatic carbocycles. The molecule has 3 aliphatic rings. The lowest BCUT2D eigenvalue weighted by Gasteiger charge is -2.42. The Morgan fingerprint density at radius 2 is 1.86 bits per heavy atom. The number of likely N-dealkylation sites (N-methyl/N-ethyl adjacent to an activating group) is 1. The lowest BCUT2D eigenvalue weighted by molar-refractivity contribution is -0.162. The van der Waals surface area contributed by atoms with Crippen molar-refractivity contribution in [2.45, 2.75) is 102 Å². The number of nitrogens with one attached hydrogen (secondary N) is 1. The molecule has 9 unspecified atom stereocenters. The molecule has 3 N–H and O–H groups in total. The second kappa shape index (κ2) is 15.5. The maximum Gasteiger partial charge on any atom is 0.409 e.